The Hall–Kier alpha value is -0.340. The molecule has 0 atom stereocenters. The first-order valence-corrected chi connectivity index (χ1v) is 8.88. The lowest BCUT2D eigenvalue weighted by atomic mass is 9.48. The maximum Gasteiger partial charge on any atom is 0.0178 e. The van der Waals surface area contributed by atoms with E-state index in [0.717, 1.165) is 6.54 Å². The first kappa shape index (κ1) is 14.6. The molecule has 2 aliphatic carbocycles. The van der Waals surface area contributed by atoms with E-state index in [2.05, 4.69) is 52.6 Å². The number of hydrogen-bond acceptors (Lipinski definition) is 1. The second kappa shape index (κ2) is 5.81. The molecule has 1 nitrogen and oxygen atoms in total. The van der Waals surface area contributed by atoms with Crippen LogP contribution in [-0.2, 0) is 5.41 Å². The Labute approximate surface area is 131 Å². The van der Waals surface area contributed by atoms with Gasteiger partial charge in [-0.15, -0.1) is 0 Å². The normalized spacial score (nSPS) is 24.1. The van der Waals surface area contributed by atoms with Crippen LogP contribution < -0.4 is 5.32 Å². The number of likely N-dealkylation sites (N-methyl/N-ethyl adjacent to an activating group) is 1. The van der Waals surface area contributed by atoms with Gasteiger partial charge in [0.2, 0.25) is 0 Å². The molecule has 1 aromatic carbocycles. The van der Waals surface area contributed by atoms with Gasteiger partial charge >= 0.3 is 0 Å². The first-order chi connectivity index (χ1) is 9.68. The summed E-state index contributed by atoms with van der Waals surface area (Å²) in [6.45, 7) is 1.12. The predicted molar refractivity (Wildman–Crippen MR) is 89.1 cm³/mol. The van der Waals surface area contributed by atoms with E-state index in [1.165, 1.54) is 61.4 Å². The number of benzene rings is 1. The highest BCUT2D eigenvalue weighted by atomic mass is 79.9. The topological polar surface area (TPSA) is 12.0 Å². The molecule has 1 N–H and O–H groups in total. The second-order valence-corrected chi connectivity index (χ2v) is 8.00. The van der Waals surface area contributed by atoms with Gasteiger partial charge in [-0.1, -0.05) is 53.7 Å². The molecule has 2 fully saturated rings. The summed E-state index contributed by atoms with van der Waals surface area (Å²) in [5.41, 5.74) is 2.56. The third-order valence-corrected chi connectivity index (χ3v) is 6.04. The molecule has 20 heavy (non-hydrogen) atoms. The van der Waals surface area contributed by atoms with Gasteiger partial charge in [0.05, 0.1) is 0 Å². The van der Waals surface area contributed by atoms with Crippen molar-refractivity contribution in [1.29, 1.82) is 0 Å². The molecule has 0 heterocycles. The van der Waals surface area contributed by atoms with Crippen molar-refractivity contribution < 1.29 is 0 Å². The molecule has 3 rings (SSSR count). The summed E-state index contributed by atoms with van der Waals surface area (Å²) >= 11 is 3.64. The van der Waals surface area contributed by atoms with E-state index in [1.54, 1.807) is 0 Å². The standard InChI is InChI=1S/C18H26BrN/c1-20-14-18(15-7-6-8-16(19)11-15)12-17(13-18)9-4-2-3-5-10-17/h6-8,11,20H,2-5,9-10,12-14H2,1H3. The minimum absolute atomic E-state index is 0.378. The van der Waals surface area contributed by atoms with Crippen LogP contribution >= 0.6 is 15.9 Å². The molecular weight excluding hydrogens is 310 g/mol. The molecule has 110 valence electrons. The van der Waals surface area contributed by atoms with Crippen LogP contribution in [0.5, 0.6) is 0 Å². The lowest BCUT2D eigenvalue weighted by Crippen LogP contribution is -2.54. The van der Waals surface area contributed by atoms with Gasteiger partial charge in [0, 0.05) is 16.4 Å². The van der Waals surface area contributed by atoms with Crippen LogP contribution in [0.15, 0.2) is 28.7 Å². The highest BCUT2D eigenvalue weighted by Gasteiger charge is 2.54. The summed E-state index contributed by atoms with van der Waals surface area (Å²) in [6, 6.07) is 8.98. The van der Waals surface area contributed by atoms with Gasteiger partial charge in [0.15, 0.2) is 0 Å². The minimum atomic E-state index is 0.378. The van der Waals surface area contributed by atoms with Crippen LogP contribution in [0.2, 0.25) is 0 Å². The van der Waals surface area contributed by atoms with Gasteiger partial charge in [-0.25, -0.2) is 0 Å². The summed E-state index contributed by atoms with van der Waals surface area (Å²) in [7, 11) is 2.10. The van der Waals surface area contributed by atoms with Crippen LogP contribution in [0, 0.1) is 5.41 Å². The Balaban J connectivity index is 1.81. The third kappa shape index (κ3) is 2.69. The monoisotopic (exact) mass is 335 g/mol. The summed E-state index contributed by atoms with van der Waals surface area (Å²) in [4.78, 5) is 0. The fraction of sp³-hybridized carbons (Fsp3) is 0.667. The molecule has 1 spiro atoms. The van der Waals surface area contributed by atoms with E-state index >= 15 is 0 Å². The molecule has 2 saturated carbocycles. The maximum atomic E-state index is 3.64. The number of halogens is 1. The molecular formula is C18H26BrN. The molecule has 0 amide bonds. The molecule has 0 aromatic heterocycles. The Morgan fingerprint density at radius 3 is 2.40 bits per heavy atom. The van der Waals surface area contributed by atoms with Gasteiger partial charge in [-0.05, 0) is 55.8 Å². The Morgan fingerprint density at radius 1 is 1.10 bits per heavy atom. The van der Waals surface area contributed by atoms with E-state index < -0.39 is 0 Å². The molecule has 2 aliphatic rings. The van der Waals surface area contributed by atoms with E-state index in [0.29, 0.717) is 10.8 Å². The van der Waals surface area contributed by atoms with E-state index in [-0.39, 0.29) is 0 Å². The summed E-state index contributed by atoms with van der Waals surface area (Å²) in [5, 5.41) is 3.45. The van der Waals surface area contributed by atoms with Crippen molar-refractivity contribution in [2.75, 3.05) is 13.6 Å². The van der Waals surface area contributed by atoms with Crippen molar-refractivity contribution in [1.82, 2.24) is 5.32 Å². The van der Waals surface area contributed by atoms with Gasteiger partial charge in [0.25, 0.3) is 0 Å². The number of nitrogens with one attached hydrogen (secondary N) is 1. The maximum absolute atomic E-state index is 3.64. The lowest BCUT2D eigenvalue weighted by molar-refractivity contribution is 0.00718. The van der Waals surface area contributed by atoms with Gasteiger partial charge in [-0.2, -0.15) is 0 Å². The molecule has 0 radical (unpaired) electrons. The van der Waals surface area contributed by atoms with E-state index in [4.69, 9.17) is 0 Å². The van der Waals surface area contributed by atoms with Crippen molar-refractivity contribution in [2.24, 2.45) is 5.41 Å². The van der Waals surface area contributed by atoms with Crippen LogP contribution in [-0.4, -0.2) is 13.6 Å². The van der Waals surface area contributed by atoms with E-state index in [9.17, 15) is 0 Å². The second-order valence-electron chi connectivity index (χ2n) is 7.09. The summed E-state index contributed by atoms with van der Waals surface area (Å²) < 4.78 is 1.22. The fourth-order valence-corrected chi connectivity index (χ4v) is 5.20. The highest BCUT2D eigenvalue weighted by Crippen LogP contribution is 2.61. The predicted octanol–water partition coefficient (Wildman–Crippen LogP) is 5.04. The summed E-state index contributed by atoms with van der Waals surface area (Å²) in [6.07, 6.45) is 11.5. The highest BCUT2D eigenvalue weighted by molar-refractivity contribution is 9.10. The van der Waals surface area contributed by atoms with Crippen LogP contribution in [0.4, 0.5) is 0 Å². The first-order valence-electron chi connectivity index (χ1n) is 8.09. The van der Waals surface area contributed by atoms with Crippen LogP contribution in [0.3, 0.4) is 0 Å². The number of rotatable bonds is 3. The zero-order chi connectivity index (χ0) is 14.1. The Kier molecular flexibility index (Phi) is 4.24. The van der Waals surface area contributed by atoms with Gasteiger partial charge in [0.1, 0.15) is 0 Å². The zero-order valence-electron chi connectivity index (χ0n) is 12.6. The van der Waals surface area contributed by atoms with Crippen molar-refractivity contribution in [3.05, 3.63) is 34.3 Å². The largest absolute Gasteiger partial charge is 0.319 e. The van der Waals surface area contributed by atoms with Crippen LogP contribution in [0.25, 0.3) is 0 Å². The quantitative estimate of drug-likeness (QED) is 0.815. The van der Waals surface area contributed by atoms with Crippen molar-refractivity contribution in [2.45, 2.75) is 56.8 Å². The van der Waals surface area contributed by atoms with E-state index in [1.807, 2.05) is 0 Å². The van der Waals surface area contributed by atoms with Gasteiger partial charge < -0.3 is 5.32 Å². The van der Waals surface area contributed by atoms with Crippen molar-refractivity contribution in [3.8, 4) is 0 Å². The molecule has 2 heteroatoms. The van der Waals surface area contributed by atoms with Crippen LogP contribution in [0.1, 0.15) is 56.9 Å². The smallest absolute Gasteiger partial charge is 0.0178 e. The molecule has 1 aromatic rings. The van der Waals surface area contributed by atoms with Crippen molar-refractivity contribution >= 4 is 15.9 Å². The average molecular weight is 336 g/mol. The number of hydrogen-bond donors (Lipinski definition) is 1. The molecule has 0 saturated heterocycles. The minimum Gasteiger partial charge on any atom is -0.319 e. The fourth-order valence-electron chi connectivity index (χ4n) is 4.80. The SMILES string of the molecule is CNCC1(c2cccc(Br)c2)CC2(CCCCCC2)C1. The Bertz CT molecular complexity index is 452. The van der Waals surface area contributed by atoms with Crippen molar-refractivity contribution in [3.63, 3.8) is 0 Å². The Morgan fingerprint density at radius 2 is 1.80 bits per heavy atom. The lowest BCUT2D eigenvalue weighted by Gasteiger charge is -2.57. The average Bonchev–Trinajstić information content (AvgIpc) is 2.64. The third-order valence-electron chi connectivity index (χ3n) is 5.54. The summed E-state index contributed by atoms with van der Waals surface area (Å²) in [5.74, 6) is 0. The zero-order valence-corrected chi connectivity index (χ0v) is 14.1. The molecule has 0 aliphatic heterocycles. The molecule has 0 bridgehead atoms. The molecule has 0 unspecified atom stereocenters. The van der Waals surface area contributed by atoms with Gasteiger partial charge in [-0.3, -0.25) is 0 Å².